The smallest absolute Gasteiger partial charge is 0.320 e. The fourth-order valence-electron chi connectivity index (χ4n) is 3.76. The lowest BCUT2D eigenvalue weighted by atomic mass is 9.87. The Morgan fingerprint density at radius 1 is 1.27 bits per heavy atom. The maximum atomic E-state index is 13.3. The first kappa shape index (κ1) is 18.4. The van der Waals surface area contributed by atoms with Gasteiger partial charge < -0.3 is 9.30 Å². The van der Waals surface area contributed by atoms with Crippen LogP contribution in [0.1, 0.15) is 46.6 Å². The van der Waals surface area contributed by atoms with Crippen molar-refractivity contribution in [1.29, 1.82) is 0 Å². The molecule has 3 rings (SSSR count). The number of hydrogen-bond acceptors (Lipinski definition) is 4. The molecule has 1 amide bonds. The lowest BCUT2D eigenvalue weighted by Crippen LogP contribution is -2.51. The molecule has 2 aromatic rings. The highest BCUT2D eigenvalue weighted by Gasteiger charge is 2.47. The van der Waals surface area contributed by atoms with Gasteiger partial charge in [-0.15, -0.1) is 0 Å². The number of esters is 1. The third-order valence-electron chi connectivity index (χ3n) is 4.95. The van der Waals surface area contributed by atoms with Crippen molar-refractivity contribution in [3.05, 3.63) is 24.3 Å². The highest BCUT2D eigenvalue weighted by atomic mass is 16.5. The number of anilines is 1. The zero-order chi connectivity index (χ0) is 18.8. The number of nitrogens with zero attached hydrogens (tertiary/aromatic N) is 3. The molecule has 140 valence electrons. The van der Waals surface area contributed by atoms with E-state index >= 15 is 0 Å². The van der Waals surface area contributed by atoms with Crippen molar-refractivity contribution in [2.24, 2.45) is 11.8 Å². The summed E-state index contributed by atoms with van der Waals surface area (Å²) in [6.45, 7) is 8.73. The number of rotatable bonds is 6. The quantitative estimate of drug-likeness (QED) is 0.586. The molecular weight excluding hydrogens is 330 g/mol. The Kier molecular flexibility index (Phi) is 5.30. The van der Waals surface area contributed by atoms with Crippen LogP contribution in [-0.2, 0) is 14.3 Å². The van der Waals surface area contributed by atoms with Gasteiger partial charge in [0.25, 0.3) is 0 Å². The molecule has 2 atom stereocenters. The number of aromatic nitrogens is 2. The van der Waals surface area contributed by atoms with E-state index in [1.165, 1.54) is 0 Å². The fraction of sp³-hybridized carbons (Fsp3) is 0.550. The molecule has 0 N–H and O–H groups in total. The minimum atomic E-state index is -0.836. The van der Waals surface area contributed by atoms with Crippen LogP contribution in [0.15, 0.2) is 24.3 Å². The first-order chi connectivity index (χ1) is 12.5. The molecule has 0 bridgehead atoms. The average molecular weight is 357 g/mol. The lowest BCUT2D eigenvalue weighted by molar-refractivity contribution is -0.154. The van der Waals surface area contributed by atoms with Crippen molar-refractivity contribution in [3.8, 4) is 0 Å². The zero-order valence-corrected chi connectivity index (χ0v) is 15.9. The molecule has 0 saturated carbocycles. The van der Waals surface area contributed by atoms with Crippen molar-refractivity contribution in [2.75, 3.05) is 18.1 Å². The van der Waals surface area contributed by atoms with Crippen molar-refractivity contribution >= 4 is 28.9 Å². The number of benzene rings is 1. The van der Waals surface area contributed by atoms with Gasteiger partial charge in [0.05, 0.1) is 23.7 Å². The van der Waals surface area contributed by atoms with Crippen molar-refractivity contribution in [3.63, 3.8) is 0 Å². The SMILES string of the molecule is CCCCN1C(=O)[C@@H](C(=O)OCC)[C@@H](C(C)C)n2c1nc1ccccc12. The van der Waals surface area contributed by atoms with E-state index in [4.69, 9.17) is 9.72 Å². The van der Waals surface area contributed by atoms with Gasteiger partial charge in [-0.05, 0) is 31.4 Å². The first-order valence-corrected chi connectivity index (χ1v) is 9.46. The molecule has 6 nitrogen and oxygen atoms in total. The molecule has 0 spiro atoms. The monoisotopic (exact) mass is 357 g/mol. The van der Waals surface area contributed by atoms with Gasteiger partial charge in [-0.25, -0.2) is 4.98 Å². The van der Waals surface area contributed by atoms with E-state index in [1.807, 2.05) is 38.1 Å². The van der Waals surface area contributed by atoms with E-state index in [0.29, 0.717) is 12.5 Å². The molecule has 6 heteroatoms. The minimum Gasteiger partial charge on any atom is -0.465 e. The number of carbonyl (C=O) groups is 2. The van der Waals surface area contributed by atoms with Crippen molar-refractivity contribution < 1.29 is 14.3 Å². The van der Waals surface area contributed by atoms with Crippen molar-refractivity contribution in [2.45, 2.75) is 46.6 Å². The maximum Gasteiger partial charge on any atom is 0.320 e. The number of hydrogen-bond donors (Lipinski definition) is 0. The van der Waals surface area contributed by atoms with Gasteiger partial charge in [-0.3, -0.25) is 14.5 Å². The van der Waals surface area contributed by atoms with Gasteiger partial charge in [0.15, 0.2) is 5.92 Å². The molecule has 0 radical (unpaired) electrons. The van der Waals surface area contributed by atoms with Crippen LogP contribution in [-0.4, -0.2) is 34.6 Å². The number of imidazole rings is 1. The van der Waals surface area contributed by atoms with Crippen LogP contribution in [0.5, 0.6) is 0 Å². The number of para-hydroxylation sites is 2. The molecular formula is C20H27N3O3. The third kappa shape index (κ3) is 2.97. The predicted octanol–water partition coefficient (Wildman–Crippen LogP) is 3.56. The van der Waals surface area contributed by atoms with E-state index in [9.17, 15) is 9.59 Å². The second-order valence-corrected chi connectivity index (χ2v) is 7.08. The second-order valence-electron chi connectivity index (χ2n) is 7.08. The topological polar surface area (TPSA) is 64.4 Å². The van der Waals surface area contributed by atoms with E-state index in [0.717, 1.165) is 23.9 Å². The Labute approximate surface area is 154 Å². The Bertz CT molecular complexity index is 812. The van der Waals surface area contributed by atoms with Gasteiger partial charge in [0, 0.05) is 6.54 Å². The largest absolute Gasteiger partial charge is 0.465 e. The molecule has 1 aromatic carbocycles. The summed E-state index contributed by atoms with van der Waals surface area (Å²) in [5.41, 5.74) is 1.79. The van der Waals surface area contributed by atoms with Crippen molar-refractivity contribution in [1.82, 2.24) is 9.55 Å². The second kappa shape index (κ2) is 7.48. The normalized spacial score (nSPS) is 19.9. The predicted molar refractivity (Wildman–Crippen MR) is 101 cm³/mol. The van der Waals surface area contributed by atoms with Crippen LogP contribution in [0.2, 0.25) is 0 Å². The van der Waals surface area contributed by atoms with Crippen LogP contribution < -0.4 is 4.90 Å². The van der Waals surface area contributed by atoms with Gasteiger partial charge in [0.2, 0.25) is 11.9 Å². The van der Waals surface area contributed by atoms with Crippen LogP contribution in [0.4, 0.5) is 5.95 Å². The van der Waals surface area contributed by atoms with Crippen LogP contribution in [0.25, 0.3) is 11.0 Å². The van der Waals surface area contributed by atoms with E-state index in [-0.39, 0.29) is 24.5 Å². The first-order valence-electron chi connectivity index (χ1n) is 9.46. The average Bonchev–Trinajstić information content (AvgIpc) is 2.99. The standard InChI is InChI=1S/C20H27N3O3/c1-5-7-12-22-18(24)16(19(25)26-6-2)17(13(3)4)23-15-11-9-8-10-14(15)21-20(22)23/h8-11,13,16-17H,5-7,12H2,1-4H3/t16-,17+/m0/s1. The van der Waals surface area contributed by atoms with Crippen LogP contribution in [0, 0.1) is 11.8 Å². The van der Waals surface area contributed by atoms with E-state index in [1.54, 1.807) is 11.8 Å². The Morgan fingerprint density at radius 3 is 2.65 bits per heavy atom. The summed E-state index contributed by atoms with van der Waals surface area (Å²) in [5, 5.41) is 0. The van der Waals surface area contributed by atoms with Crippen LogP contribution >= 0.6 is 0 Å². The maximum absolute atomic E-state index is 13.3. The number of fused-ring (bicyclic) bond motifs is 3. The summed E-state index contributed by atoms with van der Waals surface area (Å²) < 4.78 is 7.34. The lowest BCUT2D eigenvalue weighted by Gasteiger charge is -2.39. The van der Waals surface area contributed by atoms with E-state index < -0.39 is 11.9 Å². The highest BCUT2D eigenvalue weighted by Crippen LogP contribution is 2.41. The number of unbranched alkanes of at least 4 members (excludes halogenated alkanes) is 1. The summed E-state index contributed by atoms with van der Waals surface area (Å²) in [4.78, 5) is 32.4. The summed E-state index contributed by atoms with van der Waals surface area (Å²) in [5.74, 6) is -0.751. The molecule has 0 saturated heterocycles. The summed E-state index contributed by atoms with van der Waals surface area (Å²) in [6.07, 6.45) is 1.82. The highest BCUT2D eigenvalue weighted by molar-refractivity contribution is 6.08. The molecule has 1 aliphatic rings. The van der Waals surface area contributed by atoms with Gasteiger partial charge in [-0.2, -0.15) is 0 Å². The number of ether oxygens (including phenoxy) is 1. The van der Waals surface area contributed by atoms with Gasteiger partial charge in [0.1, 0.15) is 0 Å². The molecule has 0 fully saturated rings. The molecule has 1 aliphatic heterocycles. The van der Waals surface area contributed by atoms with Crippen LogP contribution in [0.3, 0.4) is 0 Å². The Morgan fingerprint density at radius 2 is 2.00 bits per heavy atom. The summed E-state index contributed by atoms with van der Waals surface area (Å²) in [7, 11) is 0. The van der Waals surface area contributed by atoms with E-state index in [2.05, 4.69) is 11.5 Å². The number of amides is 1. The van der Waals surface area contributed by atoms with Gasteiger partial charge in [-0.1, -0.05) is 39.3 Å². The summed E-state index contributed by atoms with van der Waals surface area (Å²) in [6, 6.07) is 7.53. The molecule has 2 heterocycles. The molecule has 1 aromatic heterocycles. The number of carbonyl (C=O) groups excluding carboxylic acids is 2. The molecule has 26 heavy (non-hydrogen) atoms. The summed E-state index contributed by atoms with van der Waals surface area (Å²) >= 11 is 0. The Hall–Kier alpha value is -2.37. The molecule has 0 aliphatic carbocycles. The Balaban J connectivity index is 2.21. The minimum absolute atomic E-state index is 0.0815. The third-order valence-corrected chi connectivity index (χ3v) is 4.95. The fourth-order valence-corrected chi connectivity index (χ4v) is 3.76. The van der Waals surface area contributed by atoms with Gasteiger partial charge >= 0.3 is 5.97 Å². The molecule has 0 unspecified atom stereocenters. The zero-order valence-electron chi connectivity index (χ0n) is 15.9.